The standard InChI is InChI=1S/C51H35NO/c1-51(2)42-20-8-7-18-39(42)49-40(19-13-21-43(49)51)48-36-16-5-6-17-37(36)50(52-44-22-9-11-24-46(44)53-47-25-12-10-23-45(47)52)38-29-28-35(31-41(38)48)34-27-26-32-14-3-4-15-33(32)30-34/h3-31H,1-2H3. The van der Waals surface area contributed by atoms with Crippen LogP contribution in [0.15, 0.2) is 176 Å². The molecule has 0 unspecified atom stereocenters. The van der Waals surface area contributed by atoms with Gasteiger partial charge in [-0.2, -0.15) is 0 Å². The molecule has 0 spiro atoms. The number of nitrogens with zero attached hydrogens (tertiary/aromatic N) is 1. The molecule has 0 radical (unpaired) electrons. The van der Waals surface area contributed by atoms with Crippen LogP contribution < -0.4 is 9.64 Å². The summed E-state index contributed by atoms with van der Waals surface area (Å²) in [6.45, 7) is 4.73. The monoisotopic (exact) mass is 677 g/mol. The molecule has 0 bridgehead atoms. The molecule has 9 aromatic rings. The third-order valence-electron chi connectivity index (χ3n) is 11.6. The number of rotatable bonds is 3. The summed E-state index contributed by atoms with van der Waals surface area (Å²) in [5.41, 5.74) is 13.5. The van der Waals surface area contributed by atoms with Gasteiger partial charge in [0.05, 0.1) is 17.1 Å². The van der Waals surface area contributed by atoms with Crippen LogP contribution in [0.3, 0.4) is 0 Å². The van der Waals surface area contributed by atoms with Gasteiger partial charge in [-0.15, -0.1) is 0 Å². The number of fused-ring (bicyclic) bond motifs is 8. The summed E-state index contributed by atoms with van der Waals surface area (Å²) in [6.07, 6.45) is 0. The molecule has 53 heavy (non-hydrogen) atoms. The highest BCUT2D eigenvalue weighted by molar-refractivity contribution is 6.24. The molecule has 2 aliphatic rings. The predicted molar refractivity (Wildman–Crippen MR) is 222 cm³/mol. The topological polar surface area (TPSA) is 12.5 Å². The van der Waals surface area contributed by atoms with E-state index in [0.29, 0.717) is 0 Å². The quantitative estimate of drug-likeness (QED) is 0.173. The number of hydrogen-bond acceptors (Lipinski definition) is 2. The fraction of sp³-hybridized carbons (Fsp3) is 0.0588. The van der Waals surface area contributed by atoms with Crippen LogP contribution in [0.25, 0.3) is 65.7 Å². The molecule has 250 valence electrons. The van der Waals surface area contributed by atoms with Crippen molar-refractivity contribution in [3.63, 3.8) is 0 Å². The van der Waals surface area contributed by atoms with Gasteiger partial charge in [0, 0.05) is 16.2 Å². The average molecular weight is 678 g/mol. The summed E-state index contributed by atoms with van der Waals surface area (Å²) in [5, 5.41) is 7.33. The van der Waals surface area contributed by atoms with E-state index in [1.165, 1.54) is 76.8 Å². The van der Waals surface area contributed by atoms with Crippen LogP contribution in [-0.4, -0.2) is 0 Å². The molecule has 1 aliphatic heterocycles. The lowest BCUT2D eigenvalue weighted by atomic mass is 9.81. The Kier molecular flexibility index (Phi) is 6.33. The predicted octanol–water partition coefficient (Wildman–Crippen LogP) is 14.4. The summed E-state index contributed by atoms with van der Waals surface area (Å²) in [5.74, 6) is 1.69. The van der Waals surface area contributed by atoms with E-state index >= 15 is 0 Å². The van der Waals surface area contributed by atoms with Crippen molar-refractivity contribution in [2.24, 2.45) is 0 Å². The van der Waals surface area contributed by atoms with Crippen LogP contribution in [0.5, 0.6) is 11.5 Å². The van der Waals surface area contributed by atoms with Crippen LogP contribution in [-0.2, 0) is 5.41 Å². The Morgan fingerprint density at radius 1 is 0.415 bits per heavy atom. The van der Waals surface area contributed by atoms with E-state index < -0.39 is 0 Å². The van der Waals surface area contributed by atoms with Gasteiger partial charge >= 0.3 is 0 Å². The first-order valence-electron chi connectivity index (χ1n) is 18.4. The maximum atomic E-state index is 6.52. The second-order valence-corrected chi connectivity index (χ2v) is 14.9. The molecule has 0 N–H and O–H groups in total. The first-order chi connectivity index (χ1) is 26.1. The molecular weight excluding hydrogens is 643 g/mol. The van der Waals surface area contributed by atoms with Gasteiger partial charge in [0.1, 0.15) is 0 Å². The first-order valence-corrected chi connectivity index (χ1v) is 18.4. The lowest BCUT2D eigenvalue weighted by molar-refractivity contribution is 0.477. The highest BCUT2D eigenvalue weighted by Crippen LogP contribution is 2.58. The molecule has 9 aromatic carbocycles. The molecule has 0 saturated heterocycles. The van der Waals surface area contributed by atoms with Crippen molar-refractivity contribution in [1.29, 1.82) is 0 Å². The lowest BCUT2D eigenvalue weighted by Crippen LogP contribution is -2.16. The van der Waals surface area contributed by atoms with Gasteiger partial charge < -0.3 is 9.64 Å². The molecule has 0 fully saturated rings. The van der Waals surface area contributed by atoms with E-state index in [-0.39, 0.29) is 5.41 Å². The fourth-order valence-electron chi connectivity index (χ4n) is 9.14. The third kappa shape index (κ3) is 4.33. The molecular formula is C51H35NO. The van der Waals surface area contributed by atoms with Crippen LogP contribution in [0.4, 0.5) is 17.1 Å². The Bertz CT molecular complexity index is 2930. The van der Waals surface area contributed by atoms with Crippen molar-refractivity contribution in [3.8, 4) is 44.9 Å². The number of ether oxygens (including phenoxy) is 1. The zero-order valence-corrected chi connectivity index (χ0v) is 29.6. The molecule has 0 atom stereocenters. The van der Waals surface area contributed by atoms with Crippen molar-refractivity contribution in [2.45, 2.75) is 19.3 Å². The van der Waals surface area contributed by atoms with E-state index in [0.717, 1.165) is 28.6 Å². The normalized spacial score (nSPS) is 13.7. The zero-order chi connectivity index (χ0) is 35.3. The van der Waals surface area contributed by atoms with Crippen molar-refractivity contribution in [2.75, 3.05) is 4.90 Å². The maximum Gasteiger partial charge on any atom is 0.151 e. The summed E-state index contributed by atoms with van der Waals surface area (Å²) in [7, 11) is 0. The van der Waals surface area contributed by atoms with E-state index in [9.17, 15) is 0 Å². The maximum absolute atomic E-state index is 6.52. The van der Waals surface area contributed by atoms with Gasteiger partial charge in [-0.05, 0) is 102 Å². The van der Waals surface area contributed by atoms with Gasteiger partial charge in [-0.3, -0.25) is 0 Å². The number of benzene rings is 9. The van der Waals surface area contributed by atoms with Crippen molar-refractivity contribution in [3.05, 3.63) is 187 Å². The Morgan fingerprint density at radius 2 is 1.00 bits per heavy atom. The van der Waals surface area contributed by atoms with E-state index in [1.807, 2.05) is 0 Å². The minimum absolute atomic E-state index is 0.106. The van der Waals surface area contributed by atoms with E-state index in [2.05, 4.69) is 195 Å². The summed E-state index contributed by atoms with van der Waals surface area (Å²) in [6, 6.07) is 64.3. The van der Waals surface area contributed by atoms with Crippen molar-refractivity contribution < 1.29 is 4.74 Å². The van der Waals surface area contributed by atoms with Crippen LogP contribution in [0.2, 0.25) is 0 Å². The smallest absolute Gasteiger partial charge is 0.151 e. The molecule has 2 heteroatoms. The SMILES string of the molecule is CC1(C)c2ccccc2-c2c(-c3c4ccccc4c(N4c5ccccc5Oc5ccccc54)c4ccc(-c5ccc6ccccc6c5)cc34)cccc21. The van der Waals surface area contributed by atoms with Gasteiger partial charge in [0.15, 0.2) is 11.5 Å². The van der Waals surface area contributed by atoms with Crippen LogP contribution in [0.1, 0.15) is 25.0 Å². The number of anilines is 3. The lowest BCUT2D eigenvalue weighted by Gasteiger charge is -2.35. The van der Waals surface area contributed by atoms with Crippen LogP contribution in [0, 0.1) is 0 Å². The Balaban J connectivity index is 1.29. The van der Waals surface area contributed by atoms with Gasteiger partial charge in [0.25, 0.3) is 0 Å². The minimum atomic E-state index is -0.106. The zero-order valence-electron chi connectivity index (χ0n) is 29.6. The first kappa shape index (κ1) is 30.0. The fourth-order valence-corrected chi connectivity index (χ4v) is 9.14. The third-order valence-corrected chi connectivity index (χ3v) is 11.6. The average Bonchev–Trinajstić information content (AvgIpc) is 3.45. The molecule has 2 nitrogen and oxygen atoms in total. The minimum Gasteiger partial charge on any atom is -0.453 e. The highest BCUT2D eigenvalue weighted by Gasteiger charge is 2.37. The largest absolute Gasteiger partial charge is 0.453 e. The molecule has 11 rings (SSSR count). The van der Waals surface area contributed by atoms with Crippen molar-refractivity contribution in [1.82, 2.24) is 0 Å². The molecule has 0 amide bonds. The number of para-hydroxylation sites is 4. The highest BCUT2D eigenvalue weighted by atomic mass is 16.5. The molecule has 1 aliphatic carbocycles. The molecule has 1 heterocycles. The summed E-state index contributed by atoms with van der Waals surface area (Å²) in [4.78, 5) is 2.42. The van der Waals surface area contributed by atoms with Crippen LogP contribution >= 0.6 is 0 Å². The second kappa shape index (κ2) is 11.2. The van der Waals surface area contributed by atoms with E-state index in [4.69, 9.17) is 4.74 Å². The molecule has 0 saturated carbocycles. The van der Waals surface area contributed by atoms with Gasteiger partial charge in [0.2, 0.25) is 0 Å². The number of hydrogen-bond donors (Lipinski definition) is 0. The second-order valence-electron chi connectivity index (χ2n) is 14.9. The van der Waals surface area contributed by atoms with Crippen molar-refractivity contribution >= 4 is 49.4 Å². The van der Waals surface area contributed by atoms with E-state index in [1.54, 1.807) is 0 Å². The summed E-state index contributed by atoms with van der Waals surface area (Å²) >= 11 is 0. The van der Waals surface area contributed by atoms with Gasteiger partial charge in [-0.25, -0.2) is 0 Å². The Morgan fingerprint density at radius 3 is 1.81 bits per heavy atom. The molecule has 0 aromatic heterocycles. The van der Waals surface area contributed by atoms with Gasteiger partial charge in [-0.1, -0.05) is 153 Å². The Hall–Kier alpha value is -6.64. The Labute approximate surface area is 309 Å². The summed E-state index contributed by atoms with van der Waals surface area (Å²) < 4.78 is 6.52.